The number of aromatic nitrogens is 2. The number of rotatable bonds is 3. The highest BCUT2D eigenvalue weighted by atomic mass is 32.1. The molecule has 0 saturated heterocycles. The zero-order valence-corrected chi connectivity index (χ0v) is 14.0. The van der Waals surface area contributed by atoms with E-state index in [2.05, 4.69) is 28.3 Å². The molecular weight excluding hydrogens is 320 g/mol. The van der Waals surface area contributed by atoms with E-state index in [1.54, 1.807) is 11.6 Å². The Morgan fingerprint density at radius 3 is 2.92 bits per heavy atom. The van der Waals surface area contributed by atoms with Crippen molar-refractivity contribution in [1.29, 1.82) is 0 Å². The second-order valence-electron chi connectivity index (χ2n) is 5.73. The van der Waals surface area contributed by atoms with Crippen molar-refractivity contribution in [3.8, 4) is 0 Å². The van der Waals surface area contributed by atoms with Crippen LogP contribution in [0, 0.1) is 0 Å². The number of hydrogen-bond donors (Lipinski definition) is 1. The van der Waals surface area contributed by atoms with Crippen molar-refractivity contribution >= 4 is 33.9 Å². The largest absolute Gasteiger partial charge is 0.316 e. The van der Waals surface area contributed by atoms with Crippen molar-refractivity contribution in [2.75, 3.05) is 10.2 Å². The Hall–Kier alpha value is -2.73. The number of para-hydroxylation sites is 1. The summed E-state index contributed by atoms with van der Waals surface area (Å²) >= 11 is 1.40. The van der Waals surface area contributed by atoms with E-state index in [1.807, 2.05) is 41.3 Å². The minimum Gasteiger partial charge on any atom is -0.316 e. The zero-order chi connectivity index (χ0) is 16.5. The number of fused-ring (bicyclic) bond motifs is 1. The Balaban J connectivity index is 1.58. The van der Waals surface area contributed by atoms with Crippen molar-refractivity contribution in [2.45, 2.75) is 19.4 Å². The van der Waals surface area contributed by atoms with Gasteiger partial charge in [0.05, 0.1) is 0 Å². The molecule has 2 aromatic heterocycles. The van der Waals surface area contributed by atoms with Gasteiger partial charge in [0, 0.05) is 23.3 Å². The number of benzene rings is 1. The maximum atomic E-state index is 12.9. The number of pyridine rings is 1. The number of thiazole rings is 1. The van der Waals surface area contributed by atoms with Gasteiger partial charge in [0.1, 0.15) is 11.5 Å². The van der Waals surface area contributed by atoms with Gasteiger partial charge in [-0.2, -0.15) is 0 Å². The maximum absolute atomic E-state index is 12.9. The van der Waals surface area contributed by atoms with Gasteiger partial charge in [0.25, 0.3) is 5.91 Å². The molecular formula is C18H16N4OS. The molecule has 1 unspecified atom stereocenters. The predicted molar refractivity (Wildman–Crippen MR) is 96.1 cm³/mol. The molecule has 0 bridgehead atoms. The molecule has 1 aliphatic heterocycles. The lowest BCUT2D eigenvalue weighted by Crippen LogP contribution is -2.35. The summed E-state index contributed by atoms with van der Waals surface area (Å²) in [5.41, 5.74) is 2.66. The van der Waals surface area contributed by atoms with Crippen LogP contribution >= 0.6 is 11.3 Å². The molecule has 0 radical (unpaired) electrons. The van der Waals surface area contributed by atoms with Crippen molar-refractivity contribution in [2.24, 2.45) is 0 Å². The normalized spacial score (nSPS) is 16.0. The van der Waals surface area contributed by atoms with Gasteiger partial charge in [-0.1, -0.05) is 24.3 Å². The van der Waals surface area contributed by atoms with Crippen LogP contribution < -0.4 is 10.2 Å². The second-order valence-corrected chi connectivity index (χ2v) is 6.59. The van der Waals surface area contributed by atoms with Crippen LogP contribution in [0.2, 0.25) is 0 Å². The van der Waals surface area contributed by atoms with E-state index in [1.165, 1.54) is 16.9 Å². The van der Waals surface area contributed by atoms with E-state index in [0.717, 1.165) is 12.1 Å². The van der Waals surface area contributed by atoms with Crippen LogP contribution in [-0.2, 0) is 6.42 Å². The van der Waals surface area contributed by atoms with Gasteiger partial charge in [-0.3, -0.25) is 4.79 Å². The van der Waals surface area contributed by atoms with Gasteiger partial charge in [0.2, 0.25) is 0 Å². The zero-order valence-electron chi connectivity index (χ0n) is 13.1. The number of carbonyl (C=O) groups is 1. The summed E-state index contributed by atoms with van der Waals surface area (Å²) in [6.45, 7) is 2.07. The number of nitrogens with one attached hydrogen (secondary N) is 1. The van der Waals surface area contributed by atoms with Crippen LogP contribution in [0.25, 0.3) is 0 Å². The van der Waals surface area contributed by atoms with E-state index < -0.39 is 0 Å². The van der Waals surface area contributed by atoms with E-state index in [0.29, 0.717) is 16.6 Å². The Labute approximate surface area is 144 Å². The van der Waals surface area contributed by atoms with Crippen molar-refractivity contribution < 1.29 is 4.79 Å². The second kappa shape index (κ2) is 6.05. The summed E-state index contributed by atoms with van der Waals surface area (Å²) in [7, 11) is 0. The minimum absolute atomic E-state index is 0.0576. The topological polar surface area (TPSA) is 58.1 Å². The molecule has 0 spiro atoms. The first-order chi connectivity index (χ1) is 11.7. The fourth-order valence-electron chi connectivity index (χ4n) is 2.97. The smallest absolute Gasteiger partial charge is 0.278 e. The van der Waals surface area contributed by atoms with Crippen molar-refractivity contribution in [3.05, 3.63) is 65.3 Å². The van der Waals surface area contributed by atoms with E-state index in [9.17, 15) is 4.79 Å². The number of hydrogen-bond acceptors (Lipinski definition) is 5. The lowest BCUT2D eigenvalue weighted by atomic mass is 10.1. The van der Waals surface area contributed by atoms with Gasteiger partial charge in [-0.15, -0.1) is 11.3 Å². The van der Waals surface area contributed by atoms with Crippen LogP contribution in [-0.4, -0.2) is 21.9 Å². The van der Waals surface area contributed by atoms with E-state index in [4.69, 9.17) is 0 Å². The SMILES string of the molecule is CC1Cc2ccccc2N1C(=O)c1csc(Nc2ccccn2)n1. The maximum Gasteiger partial charge on any atom is 0.278 e. The predicted octanol–water partition coefficient (Wildman–Crippen LogP) is 3.87. The minimum atomic E-state index is -0.0576. The van der Waals surface area contributed by atoms with Gasteiger partial charge < -0.3 is 10.2 Å². The summed E-state index contributed by atoms with van der Waals surface area (Å²) in [5, 5.41) is 5.58. The highest BCUT2D eigenvalue weighted by Crippen LogP contribution is 2.33. The fraction of sp³-hybridized carbons (Fsp3) is 0.167. The number of carbonyl (C=O) groups excluding carboxylic acids is 1. The van der Waals surface area contributed by atoms with Gasteiger partial charge >= 0.3 is 0 Å². The third-order valence-electron chi connectivity index (χ3n) is 4.05. The van der Waals surface area contributed by atoms with Crippen LogP contribution in [0.5, 0.6) is 0 Å². The molecule has 4 rings (SSSR count). The summed E-state index contributed by atoms with van der Waals surface area (Å²) in [4.78, 5) is 23.4. The molecule has 1 amide bonds. The molecule has 24 heavy (non-hydrogen) atoms. The molecule has 1 aromatic carbocycles. The van der Waals surface area contributed by atoms with Gasteiger partial charge in [0.15, 0.2) is 5.13 Å². The number of nitrogens with zero attached hydrogens (tertiary/aromatic N) is 3. The fourth-order valence-corrected chi connectivity index (χ4v) is 3.67. The first kappa shape index (κ1) is 14.8. The molecule has 5 nitrogen and oxygen atoms in total. The molecule has 3 heterocycles. The van der Waals surface area contributed by atoms with E-state index in [-0.39, 0.29) is 11.9 Å². The molecule has 0 saturated carbocycles. The van der Waals surface area contributed by atoms with Crippen LogP contribution in [0.15, 0.2) is 54.0 Å². The third kappa shape index (κ3) is 2.65. The van der Waals surface area contributed by atoms with Gasteiger partial charge in [-0.25, -0.2) is 9.97 Å². The lowest BCUT2D eigenvalue weighted by Gasteiger charge is -2.21. The third-order valence-corrected chi connectivity index (χ3v) is 4.81. The average molecular weight is 336 g/mol. The monoisotopic (exact) mass is 336 g/mol. The summed E-state index contributed by atoms with van der Waals surface area (Å²) < 4.78 is 0. The van der Waals surface area contributed by atoms with Crippen LogP contribution in [0.1, 0.15) is 23.0 Å². The molecule has 1 atom stereocenters. The molecule has 3 aromatic rings. The first-order valence-electron chi connectivity index (χ1n) is 7.77. The molecule has 0 fully saturated rings. The number of amides is 1. The summed E-state index contributed by atoms with van der Waals surface area (Å²) in [6.07, 6.45) is 2.59. The number of anilines is 3. The molecule has 1 N–H and O–H groups in total. The van der Waals surface area contributed by atoms with Gasteiger partial charge in [-0.05, 0) is 37.1 Å². The van der Waals surface area contributed by atoms with Crippen LogP contribution in [0.4, 0.5) is 16.6 Å². The quantitative estimate of drug-likeness (QED) is 0.789. The van der Waals surface area contributed by atoms with E-state index >= 15 is 0 Å². The summed E-state index contributed by atoms with van der Waals surface area (Å²) in [5.74, 6) is 0.656. The van der Waals surface area contributed by atoms with Crippen molar-refractivity contribution in [3.63, 3.8) is 0 Å². The molecule has 0 aliphatic carbocycles. The average Bonchev–Trinajstić information content (AvgIpc) is 3.19. The first-order valence-corrected chi connectivity index (χ1v) is 8.65. The van der Waals surface area contributed by atoms with Crippen LogP contribution in [0.3, 0.4) is 0 Å². The Morgan fingerprint density at radius 2 is 2.08 bits per heavy atom. The standard InChI is InChI=1S/C18H16N4OS/c1-12-10-13-6-2-3-7-15(13)22(12)17(23)14-11-24-18(20-14)21-16-8-4-5-9-19-16/h2-9,11-12H,10H2,1H3,(H,19,20,21). The molecule has 1 aliphatic rings. The van der Waals surface area contributed by atoms with Crippen molar-refractivity contribution in [1.82, 2.24) is 9.97 Å². The molecule has 6 heteroatoms. The summed E-state index contributed by atoms with van der Waals surface area (Å²) in [6, 6.07) is 13.8. The molecule has 120 valence electrons. The lowest BCUT2D eigenvalue weighted by molar-refractivity contribution is 0.0977. The Bertz CT molecular complexity index is 877. The Morgan fingerprint density at radius 1 is 1.25 bits per heavy atom. The Kier molecular flexibility index (Phi) is 3.74. The highest BCUT2D eigenvalue weighted by Gasteiger charge is 2.32. The highest BCUT2D eigenvalue weighted by molar-refractivity contribution is 7.14.